The number of nitrogen functional groups attached to an aromatic ring is 1. The Morgan fingerprint density at radius 1 is 1.20 bits per heavy atom. The van der Waals surface area contributed by atoms with Crippen LogP contribution in [0.1, 0.15) is 17.0 Å². The third kappa shape index (κ3) is 1.70. The number of pyridine rings is 1. The number of nitrogens with two attached hydrogens (primary N) is 1. The van der Waals surface area contributed by atoms with Gasteiger partial charge < -0.3 is 5.73 Å². The summed E-state index contributed by atoms with van der Waals surface area (Å²) in [6.45, 7) is 5.91. The smallest absolute Gasteiger partial charge is 0.176 e. The molecule has 0 aliphatic carbocycles. The second-order valence-corrected chi connectivity index (χ2v) is 3.76. The van der Waals surface area contributed by atoms with Crippen LogP contribution in [0.5, 0.6) is 0 Å². The van der Waals surface area contributed by atoms with Crippen LogP contribution >= 0.6 is 0 Å². The summed E-state index contributed by atoms with van der Waals surface area (Å²) >= 11 is 0. The van der Waals surface area contributed by atoms with Gasteiger partial charge in [-0.1, -0.05) is 0 Å². The number of nitrogens with zero attached hydrogens (tertiary/aromatic N) is 3. The Balaban J connectivity index is 2.59. The van der Waals surface area contributed by atoms with E-state index in [0.717, 1.165) is 17.0 Å². The molecular formula is C11H14N4. The Bertz CT molecular complexity index is 499. The SMILES string of the molecule is Cc1cnc(-n2nc(C)cc2C)c(N)c1. The quantitative estimate of drug-likeness (QED) is 0.766. The fourth-order valence-electron chi connectivity index (χ4n) is 1.60. The highest BCUT2D eigenvalue weighted by Crippen LogP contribution is 2.17. The molecule has 4 heteroatoms. The first-order valence-corrected chi connectivity index (χ1v) is 4.83. The second kappa shape index (κ2) is 3.38. The molecule has 0 spiro atoms. The van der Waals surface area contributed by atoms with Crippen LogP contribution < -0.4 is 5.73 Å². The number of anilines is 1. The largest absolute Gasteiger partial charge is 0.396 e. The van der Waals surface area contributed by atoms with Gasteiger partial charge in [-0.05, 0) is 38.5 Å². The molecule has 2 aromatic heterocycles. The molecule has 0 fully saturated rings. The minimum atomic E-state index is 0.654. The molecule has 15 heavy (non-hydrogen) atoms. The molecule has 0 aliphatic heterocycles. The van der Waals surface area contributed by atoms with Crippen molar-refractivity contribution in [1.82, 2.24) is 14.8 Å². The van der Waals surface area contributed by atoms with Crippen LogP contribution in [0.15, 0.2) is 18.3 Å². The molecule has 0 saturated carbocycles. The highest BCUT2D eigenvalue weighted by atomic mass is 15.3. The number of rotatable bonds is 1. The van der Waals surface area contributed by atoms with Crippen LogP contribution in [0.25, 0.3) is 5.82 Å². The van der Waals surface area contributed by atoms with Gasteiger partial charge in [0.1, 0.15) is 0 Å². The molecule has 0 aromatic carbocycles. The predicted molar refractivity (Wildman–Crippen MR) is 60.0 cm³/mol. The van der Waals surface area contributed by atoms with Crippen molar-refractivity contribution in [3.05, 3.63) is 35.3 Å². The number of aryl methyl sites for hydroxylation is 3. The second-order valence-electron chi connectivity index (χ2n) is 3.76. The molecule has 0 amide bonds. The maximum Gasteiger partial charge on any atom is 0.176 e. The third-order valence-electron chi connectivity index (χ3n) is 2.24. The first-order valence-electron chi connectivity index (χ1n) is 4.83. The van der Waals surface area contributed by atoms with Crippen LogP contribution in [0.3, 0.4) is 0 Å². The molecule has 0 radical (unpaired) electrons. The topological polar surface area (TPSA) is 56.7 Å². The molecule has 0 saturated heterocycles. The minimum Gasteiger partial charge on any atom is -0.396 e. The number of hydrogen-bond acceptors (Lipinski definition) is 3. The van der Waals surface area contributed by atoms with Gasteiger partial charge in [0.25, 0.3) is 0 Å². The molecule has 2 aromatic rings. The summed E-state index contributed by atoms with van der Waals surface area (Å²) in [7, 11) is 0. The molecule has 0 bridgehead atoms. The summed E-state index contributed by atoms with van der Waals surface area (Å²) in [5.74, 6) is 0.700. The minimum absolute atomic E-state index is 0.654. The lowest BCUT2D eigenvalue weighted by Gasteiger charge is -2.06. The van der Waals surface area contributed by atoms with E-state index in [4.69, 9.17) is 5.73 Å². The molecule has 4 nitrogen and oxygen atoms in total. The van der Waals surface area contributed by atoms with Gasteiger partial charge in [-0.3, -0.25) is 0 Å². The van der Waals surface area contributed by atoms with Crippen LogP contribution in [0, 0.1) is 20.8 Å². The molecule has 78 valence electrons. The Hall–Kier alpha value is -1.84. The lowest BCUT2D eigenvalue weighted by atomic mass is 10.3. The molecule has 2 heterocycles. The molecular weight excluding hydrogens is 188 g/mol. The standard InChI is InChI=1S/C11H14N4/c1-7-4-10(12)11(13-6-7)15-9(3)5-8(2)14-15/h4-6H,12H2,1-3H3. The molecule has 0 unspecified atom stereocenters. The first kappa shape index (κ1) is 9.71. The van der Waals surface area contributed by atoms with Gasteiger partial charge in [-0.25, -0.2) is 9.67 Å². The van der Waals surface area contributed by atoms with Crippen molar-refractivity contribution in [2.45, 2.75) is 20.8 Å². The van der Waals surface area contributed by atoms with Crippen molar-refractivity contribution in [2.75, 3.05) is 5.73 Å². The maximum absolute atomic E-state index is 5.91. The van der Waals surface area contributed by atoms with Crippen LogP contribution in [0.2, 0.25) is 0 Å². The Kier molecular flexibility index (Phi) is 2.19. The summed E-state index contributed by atoms with van der Waals surface area (Å²) in [6.07, 6.45) is 1.79. The van der Waals surface area contributed by atoms with Crippen molar-refractivity contribution in [3.8, 4) is 5.82 Å². The van der Waals surface area contributed by atoms with Gasteiger partial charge in [0.2, 0.25) is 0 Å². The van der Waals surface area contributed by atoms with E-state index in [2.05, 4.69) is 10.1 Å². The van der Waals surface area contributed by atoms with E-state index in [1.54, 1.807) is 10.9 Å². The normalized spacial score (nSPS) is 10.6. The fourth-order valence-corrected chi connectivity index (χ4v) is 1.60. The van der Waals surface area contributed by atoms with Gasteiger partial charge >= 0.3 is 0 Å². The Morgan fingerprint density at radius 2 is 1.93 bits per heavy atom. The monoisotopic (exact) mass is 202 g/mol. The Labute approximate surface area is 88.8 Å². The molecule has 2 rings (SSSR count). The van der Waals surface area contributed by atoms with E-state index in [1.807, 2.05) is 32.9 Å². The van der Waals surface area contributed by atoms with Crippen molar-refractivity contribution < 1.29 is 0 Å². The fraction of sp³-hybridized carbons (Fsp3) is 0.273. The summed E-state index contributed by atoms with van der Waals surface area (Å²) < 4.78 is 1.77. The van der Waals surface area contributed by atoms with E-state index >= 15 is 0 Å². The van der Waals surface area contributed by atoms with Crippen LogP contribution in [0.4, 0.5) is 5.69 Å². The van der Waals surface area contributed by atoms with Gasteiger partial charge in [-0.15, -0.1) is 0 Å². The van der Waals surface area contributed by atoms with E-state index < -0.39 is 0 Å². The van der Waals surface area contributed by atoms with E-state index in [1.165, 1.54) is 0 Å². The summed E-state index contributed by atoms with van der Waals surface area (Å²) in [5, 5.41) is 4.35. The first-order chi connectivity index (χ1) is 7.08. The zero-order valence-corrected chi connectivity index (χ0v) is 9.15. The van der Waals surface area contributed by atoms with Crippen molar-refractivity contribution in [1.29, 1.82) is 0 Å². The van der Waals surface area contributed by atoms with Gasteiger partial charge in [-0.2, -0.15) is 5.10 Å². The lowest BCUT2D eigenvalue weighted by molar-refractivity contribution is 0.808. The number of hydrogen-bond donors (Lipinski definition) is 1. The third-order valence-corrected chi connectivity index (χ3v) is 2.24. The molecule has 0 atom stereocenters. The molecule has 2 N–H and O–H groups in total. The van der Waals surface area contributed by atoms with Crippen molar-refractivity contribution in [2.24, 2.45) is 0 Å². The van der Waals surface area contributed by atoms with E-state index in [9.17, 15) is 0 Å². The summed E-state index contributed by atoms with van der Waals surface area (Å²) in [4.78, 5) is 4.30. The lowest BCUT2D eigenvalue weighted by Crippen LogP contribution is -2.06. The average molecular weight is 202 g/mol. The zero-order chi connectivity index (χ0) is 11.0. The van der Waals surface area contributed by atoms with Gasteiger partial charge in [0.15, 0.2) is 5.82 Å². The van der Waals surface area contributed by atoms with Crippen LogP contribution in [-0.4, -0.2) is 14.8 Å². The highest BCUT2D eigenvalue weighted by molar-refractivity contribution is 5.54. The van der Waals surface area contributed by atoms with Crippen LogP contribution in [-0.2, 0) is 0 Å². The van der Waals surface area contributed by atoms with E-state index in [-0.39, 0.29) is 0 Å². The predicted octanol–water partition coefficient (Wildman–Crippen LogP) is 1.77. The van der Waals surface area contributed by atoms with Gasteiger partial charge in [0.05, 0.1) is 11.4 Å². The average Bonchev–Trinajstić information content (AvgIpc) is 2.45. The summed E-state index contributed by atoms with van der Waals surface area (Å²) in [5.41, 5.74) is 9.62. The van der Waals surface area contributed by atoms with Crippen molar-refractivity contribution >= 4 is 5.69 Å². The zero-order valence-electron chi connectivity index (χ0n) is 9.15. The van der Waals surface area contributed by atoms with Crippen molar-refractivity contribution in [3.63, 3.8) is 0 Å². The Morgan fingerprint density at radius 3 is 2.47 bits per heavy atom. The summed E-state index contributed by atoms with van der Waals surface area (Å²) in [6, 6.07) is 3.90. The molecule has 0 aliphatic rings. The maximum atomic E-state index is 5.91. The van der Waals surface area contributed by atoms with Gasteiger partial charge in [0, 0.05) is 11.9 Å². The highest BCUT2D eigenvalue weighted by Gasteiger charge is 2.08. The number of aromatic nitrogens is 3. The van der Waals surface area contributed by atoms with E-state index in [0.29, 0.717) is 11.5 Å².